The number of nitrogens with one attached hydrogen (secondary N) is 2. The lowest BCUT2D eigenvalue weighted by Crippen LogP contribution is -2.32. The summed E-state index contributed by atoms with van der Waals surface area (Å²) in [5, 5.41) is 21.3. The van der Waals surface area contributed by atoms with Gasteiger partial charge in [-0.15, -0.1) is 0 Å². The Bertz CT molecular complexity index is 1400. The van der Waals surface area contributed by atoms with Crippen LogP contribution < -0.4 is 20.1 Å². The van der Waals surface area contributed by atoms with E-state index in [0.29, 0.717) is 45.4 Å². The molecule has 0 aliphatic carbocycles. The van der Waals surface area contributed by atoms with Crippen molar-refractivity contribution in [2.75, 3.05) is 24.9 Å². The lowest BCUT2D eigenvalue weighted by molar-refractivity contribution is -0.127. The molecule has 0 heterocycles. The zero-order valence-corrected chi connectivity index (χ0v) is 24.2. The molecule has 12 nitrogen and oxygen atoms in total. The second kappa shape index (κ2) is 14.4. The maximum Gasteiger partial charge on any atom is 0.258 e. The fraction of sp³-hybridized carbons (Fsp3) is 0.267. The summed E-state index contributed by atoms with van der Waals surface area (Å²) < 4.78 is 10.2. The van der Waals surface area contributed by atoms with Crippen LogP contribution in [0.2, 0.25) is 0 Å². The topological polar surface area (TPSA) is 160 Å². The van der Waals surface area contributed by atoms with Crippen LogP contribution in [0.4, 0.5) is 22.7 Å². The van der Waals surface area contributed by atoms with Crippen molar-refractivity contribution in [1.29, 1.82) is 0 Å². The fourth-order valence-electron chi connectivity index (χ4n) is 3.67. The highest BCUT2D eigenvalue weighted by atomic mass is 16.5. The smallest absolute Gasteiger partial charge is 0.258 e. The van der Waals surface area contributed by atoms with Crippen LogP contribution in [0.15, 0.2) is 81.1 Å². The van der Waals surface area contributed by atoms with Crippen LogP contribution in [0.25, 0.3) is 0 Å². The molecule has 0 spiro atoms. The number of amides is 2. The number of carbonyl (C=O) groups is 4. The summed E-state index contributed by atoms with van der Waals surface area (Å²) in [7, 11) is 3.08. The molecule has 12 heteroatoms. The molecule has 0 saturated heterocycles. The summed E-state index contributed by atoms with van der Waals surface area (Å²) in [5.41, 5.74) is 2.94. The third-order valence-corrected chi connectivity index (χ3v) is 6.08. The van der Waals surface area contributed by atoms with E-state index < -0.39 is 35.5 Å². The summed E-state index contributed by atoms with van der Waals surface area (Å²) in [6.45, 7) is 5.95. The second-order valence-corrected chi connectivity index (χ2v) is 9.31. The monoisotopic (exact) mass is 572 g/mol. The van der Waals surface area contributed by atoms with Gasteiger partial charge in [-0.1, -0.05) is 0 Å². The quantitative estimate of drug-likeness (QED) is 0.210. The Kier molecular flexibility index (Phi) is 10.7. The van der Waals surface area contributed by atoms with Crippen LogP contribution >= 0.6 is 0 Å². The molecule has 2 amide bonds. The standard InChI is InChI=1S/C30H32N6O6/c1-17-15-26(32-30(40)28(20(4)38)36-34-22-9-13-24(42-6)14-10-22)18(2)16-25(17)31-29(39)27(19(3)37)35-33-21-7-11-23(41-5)12-8-21/h7-16,27-28H,1-6H3,(H,31,39)(H,32,40)/b35-33+,36-34+. The Hall–Kier alpha value is -5.26. The molecule has 2 unspecified atom stereocenters. The van der Waals surface area contributed by atoms with Crippen LogP contribution in [-0.2, 0) is 19.2 Å². The fourth-order valence-corrected chi connectivity index (χ4v) is 3.67. The molecule has 0 radical (unpaired) electrons. The van der Waals surface area contributed by atoms with Crippen molar-refractivity contribution in [1.82, 2.24) is 0 Å². The minimum Gasteiger partial charge on any atom is -0.497 e. The second-order valence-electron chi connectivity index (χ2n) is 9.31. The van der Waals surface area contributed by atoms with Crippen LogP contribution in [0, 0.1) is 13.8 Å². The minimum absolute atomic E-state index is 0.420. The van der Waals surface area contributed by atoms with Gasteiger partial charge in [0.15, 0.2) is 11.6 Å². The predicted octanol–water partition coefficient (Wildman–Crippen LogP) is 5.68. The average molecular weight is 573 g/mol. The summed E-state index contributed by atoms with van der Waals surface area (Å²) in [6, 6.07) is 13.9. The molecule has 2 atom stereocenters. The number of carbonyl (C=O) groups excluding carboxylic acids is 4. The molecule has 3 rings (SSSR count). The highest BCUT2D eigenvalue weighted by Crippen LogP contribution is 2.26. The Balaban J connectivity index is 1.72. The molecule has 2 N–H and O–H groups in total. The molecular formula is C30H32N6O6. The summed E-state index contributed by atoms with van der Waals surface area (Å²) in [5.74, 6) is -1.02. The van der Waals surface area contributed by atoms with E-state index in [0.717, 1.165) is 0 Å². The first kappa shape index (κ1) is 31.3. The third-order valence-electron chi connectivity index (χ3n) is 6.08. The number of anilines is 2. The number of rotatable bonds is 12. The van der Waals surface area contributed by atoms with Gasteiger partial charge in [-0.25, -0.2) is 0 Å². The molecule has 218 valence electrons. The van der Waals surface area contributed by atoms with E-state index in [1.54, 1.807) is 74.5 Å². The SMILES string of the molecule is COc1ccc(/N=N/C(C(C)=O)C(=O)Nc2cc(C)c(NC(=O)C(/N=N/c3ccc(OC)cc3)C(C)=O)cc2C)cc1. The number of azo groups is 2. The Morgan fingerprint density at radius 3 is 1.24 bits per heavy atom. The van der Waals surface area contributed by atoms with Gasteiger partial charge in [-0.2, -0.15) is 20.5 Å². The number of hydrogen-bond acceptors (Lipinski definition) is 10. The van der Waals surface area contributed by atoms with Gasteiger partial charge in [0, 0.05) is 11.4 Å². The Labute approximate surface area is 243 Å². The van der Waals surface area contributed by atoms with Gasteiger partial charge < -0.3 is 20.1 Å². The van der Waals surface area contributed by atoms with Gasteiger partial charge >= 0.3 is 0 Å². The molecule has 0 aromatic heterocycles. The number of methoxy groups -OCH3 is 2. The molecule has 0 aliphatic rings. The number of ether oxygens (including phenoxy) is 2. The number of hydrogen-bond donors (Lipinski definition) is 2. The average Bonchev–Trinajstić information content (AvgIpc) is 2.96. The highest BCUT2D eigenvalue weighted by Gasteiger charge is 2.26. The number of aryl methyl sites for hydroxylation is 2. The molecule has 0 fully saturated rings. The molecule has 0 saturated carbocycles. The molecule has 42 heavy (non-hydrogen) atoms. The maximum absolute atomic E-state index is 12.9. The maximum atomic E-state index is 12.9. The van der Waals surface area contributed by atoms with E-state index in [1.165, 1.54) is 28.1 Å². The molecular weight excluding hydrogens is 540 g/mol. The van der Waals surface area contributed by atoms with E-state index >= 15 is 0 Å². The van der Waals surface area contributed by atoms with Crippen molar-refractivity contribution in [2.24, 2.45) is 20.5 Å². The zero-order chi connectivity index (χ0) is 30.8. The number of benzene rings is 3. The van der Waals surface area contributed by atoms with Gasteiger partial charge in [0.1, 0.15) is 11.5 Å². The largest absolute Gasteiger partial charge is 0.497 e. The summed E-state index contributed by atoms with van der Waals surface area (Å²) in [4.78, 5) is 50.3. The number of Topliss-reactive ketones (excluding diaryl/α,β-unsaturated/α-hetero) is 2. The lowest BCUT2D eigenvalue weighted by Gasteiger charge is -2.16. The van der Waals surface area contributed by atoms with Crippen LogP contribution in [0.3, 0.4) is 0 Å². The van der Waals surface area contributed by atoms with Gasteiger partial charge in [0.25, 0.3) is 11.8 Å². The van der Waals surface area contributed by atoms with Crippen LogP contribution in [0.1, 0.15) is 25.0 Å². The van der Waals surface area contributed by atoms with Gasteiger partial charge in [-0.3, -0.25) is 19.2 Å². The van der Waals surface area contributed by atoms with Crippen LogP contribution in [0.5, 0.6) is 11.5 Å². The third kappa shape index (κ3) is 8.37. The lowest BCUT2D eigenvalue weighted by atomic mass is 10.1. The van der Waals surface area contributed by atoms with E-state index in [1.807, 2.05) is 0 Å². The highest BCUT2D eigenvalue weighted by molar-refractivity contribution is 6.11. The van der Waals surface area contributed by atoms with Gasteiger partial charge in [0.2, 0.25) is 12.1 Å². The number of ketones is 2. The van der Waals surface area contributed by atoms with E-state index in [9.17, 15) is 19.2 Å². The molecule has 0 aliphatic heterocycles. The van der Waals surface area contributed by atoms with Crippen molar-refractivity contribution in [2.45, 2.75) is 39.8 Å². The van der Waals surface area contributed by atoms with Crippen molar-refractivity contribution in [3.05, 3.63) is 71.8 Å². The van der Waals surface area contributed by atoms with Gasteiger partial charge in [0.05, 0.1) is 25.6 Å². The van der Waals surface area contributed by atoms with Crippen molar-refractivity contribution in [3.63, 3.8) is 0 Å². The van der Waals surface area contributed by atoms with Crippen molar-refractivity contribution >= 4 is 46.1 Å². The Morgan fingerprint density at radius 2 is 0.952 bits per heavy atom. The summed E-state index contributed by atoms with van der Waals surface area (Å²) in [6.07, 6.45) is 0. The molecule has 0 bridgehead atoms. The van der Waals surface area contributed by atoms with E-state index in [-0.39, 0.29) is 0 Å². The van der Waals surface area contributed by atoms with Crippen molar-refractivity contribution in [3.8, 4) is 11.5 Å². The first-order chi connectivity index (χ1) is 20.0. The molecule has 3 aromatic carbocycles. The first-order valence-corrected chi connectivity index (χ1v) is 12.9. The molecule has 3 aromatic rings. The van der Waals surface area contributed by atoms with E-state index in [2.05, 4.69) is 31.1 Å². The normalized spacial score (nSPS) is 12.5. The summed E-state index contributed by atoms with van der Waals surface area (Å²) >= 11 is 0. The van der Waals surface area contributed by atoms with Crippen molar-refractivity contribution < 1.29 is 28.7 Å². The zero-order valence-electron chi connectivity index (χ0n) is 24.2. The van der Waals surface area contributed by atoms with E-state index in [4.69, 9.17) is 9.47 Å². The number of nitrogens with zero attached hydrogens (tertiary/aromatic N) is 4. The van der Waals surface area contributed by atoms with Gasteiger partial charge in [-0.05, 0) is 99.5 Å². The first-order valence-electron chi connectivity index (χ1n) is 12.9. The predicted molar refractivity (Wildman–Crippen MR) is 157 cm³/mol. The van der Waals surface area contributed by atoms with Crippen LogP contribution in [-0.4, -0.2) is 49.7 Å². The Morgan fingerprint density at radius 1 is 0.619 bits per heavy atom. The minimum atomic E-state index is -1.36.